The van der Waals surface area contributed by atoms with Crippen LogP contribution in [0.3, 0.4) is 0 Å². The number of hydrogen-bond donors (Lipinski definition) is 0. The lowest BCUT2D eigenvalue weighted by Gasteiger charge is -2.30. The van der Waals surface area contributed by atoms with Gasteiger partial charge in [0.15, 0.2) is 4.80 Å². The van der Waals surface area contributed by atoms with Crippen molar-refractivity contribution in [3.05, 3.63) is 94.8 Å². The van der Waals surface area contributed by atoms with E-state index < -0.39 is 6.04 Å². The van der Waals surface area contributed by atoms with E-state index in [2.05, 4.69) is 0 Å². The molecule has 0 unspecified atom stereocenters. The van der Waals surface area contributed by atoms with Crippen molar-refractivity contribution in [2.24, 2.45) is 4.99 Å². The third-order valence-electron chi connectivity index (χ3n) is 6.89. The molecular weight excluding hydrogens is 502 g/mol. The molecule has 0 fully saturated rings. The van der Waals surface area contributed by atoms with Crippen molar-refractivity contribution in [2.75, 3.05) is 20.2 Å². The summed E-state index contributed by atoms with van der Waals surface area (Å²) in [4.78, 5) is 36.2. The summed E-state index contributed by atoms with van der Waals surface area (Å²) in [6.45, 7) is 8.95. The van der Waals surface area contributed by atoms with Gasteiger partial charge in [0.25, 0.3) is 11.5 Å². The number of fused-ring (bicyclic) bond motifs is 2. The number of carbonyl (C=O) groups is 1. The van der Waals surface area contributed by atoms with Crippen LogP contribution in [0.25, 0.3) is 16.8 Å². The molecule has 37 heavy (non-hydrogen) atoms. The summed E-state index contributed by atoms with van der Waals surface area (Å²) in [5, 5.41) is 3.97. The number of allylic oxidation sites excluding steroid dienone is 1. The molecule has 2 aromatic heterocycles. The highest BCUT2D eigenvalue weighted by atomic mass is 32.1. The molecule has 2 aromatic carbocycles. The molecule has 4 aromatic rings. The van der Waals surface area contributed by atoms with Gasteiger partial charge in [-0.25, -0.2) is 4.99 Å². The van der Waals surface area contributed by atoms with Crippen LogP contribution < -0.4 is 19.6 Å². The fourth-order valence-electron chi connectivity index (χ4n) is 4.94. The minimum atomic E-state index is -0.669. The Morgan fingerprint density at radius 2 is 1.89 bits per heavy atom. The smallest absolute Gasteiger partial charge is 0.271 e. The number of likely N-dealkylation sites (N-methyl/N-ethyl adjacent to an activating group) is 1. The zero-order valence-electron chi connectivity index (χ0n) is 21.6. The zero-order chi connectivity index (χ0) is 26.3. The van der Waals surface area contributed by atoms with E-state index in [1.807, 2.05) is 81.6 Å². The molecule has 0 saturated carbocycles. The van der Waals surface area contributed by atoms with Crippen LogP contribution in [0.1, 0.15) is 42.8 Å². The number of hydrogen-bond acceptors (Lipinski definition) is 6. The van der Waals surface area contributed by atoms with E-state index in [1.54, 1.807) is 27.9 Å². The van der Waals surface area contributed by atoms with Gasteiger partial charge in [0, 0.05) is 23.5 Å². The number of thiophene rings is 1. The van der Waals surface area contributed by atoms with Gasteiger partial charge in [0.1, 0.15) is 11.8 Å². The van der Waals surface area contributed by atoms with Crippen LogP contribution in [0.5, 0.6) is 5.75 Å². The SMILES string of the molecule is CCN(CC)C(=O)C1=C(C)N=c2s/c(=C/c3sccc3C)c(=O)n2[C@@H]1c1c(OC)ccc2ccccc12. The minimum Gasteiger partial charge on any atom is -0.496 e. The molecule has 5 rings (SSSR count). The molecule has 1 amide bonds. The highest BCUT2D eigenvalue weighted by Gasteiger charge is 2.36. The van der Waals surface area contributed by atoms with E-state index in [0.29, 0.717) is 39.4 Å². The van der Waals surface area contributed by atoms with Crippen LogP contribution in [0, 0.1) is 6.92 Å². The van der Waals surface area contributed by atoms with Crippen LogP contribution >= 0.6 is 22.7 Å². The Hall–Kier alpha value is -3.49. The summed E-state index contributed by atoms with van der Waals surface area (Å²) in [6.07, 6.45) is 1.94. The number of rotatable bonds is 6. The Labute approximate surface area is 223 Å². The first-order chi connectivity index (χ1) is 17.9. The lowest BCUT2D eigenvalue weighted by atomic mass is 9.90. The normalized spacial score (nSPS) is 15.6. The van der Waals surface area contributed by atoms with Crippen molar-refractivity contribution in [3.63, 3.8) is 0 Å². The molecule has 0 N–H and O–H groups in total. The topological polar surface area (TPSA) is 63.9 Å². The number of benzene rings is 2. The number of nitrogens with zero attached hydrogens (tertiary/aromatic N) is 3. The van der Waals surface area contributed by atoms with Gasteiger partial charge in [-0.1, -0.05) is 41.7 Å². The van der Waals surface area contributed by atoms with Crippen LogP contribution in [-0.4, -0.2) is 35.6 Å². The Morgan fingerprint density at radius 3 is 2.57 bits per heavy atom. The number of ether oxygens (including phenoxy) is 1. The van der Waals surface area contributed by atoms with Crippen LogP contribution in [0.15, 0.2) is 68.9 Å². The Kier molecular flexibility index (Phi) is 6.88. The summed E-state index contributed by atoms with van der Waals surface area (Å²) in [5.74, 6) is 0.515. The van der Waals surface area contributed by atoms with E-state index >= 15 is 0 Å². The van der Waals surface area contributed by atoms with Gasteiger partial charge < -0.3 is 9.64 Å². The molecular formula is C29H29N3O3S2. The van der Waals surface area contributed by atoms with Crippen molar-refractivity contribution in [1.29, 1.82) is 0 Å². The first kappa shape index (κ1) is 25.2. The van der Waals surface area contributed by atoms with Crippen molar-refractivity contribution in [2.45, 2.75) is 33.7 Å². The monoisotopic (exact) mass is 531 g/mol. The predicted octanol–water partition coefficient (Wildman–Crippen LogP) is 4.64. The Bertz CT molecular complexity index is 1720. The number of carbonyl (C=O) groups excluding carboxylic acids is 1. The second kappa shape index (κ2) is 10.1. The highest BCUT2D eigenvalue weighted by molar-refractivity contribution is 7.11. The van der Waals surface area contributed by atoms with Gasteiger partial charge in [-0.2, -0.15) is 0 Å². The zero-order valence-corrected chi connectivity index (χ0v) is 23.2. The van der Waals surface area contributed by atoms with Gasteiger partial charge >= 0.3 is 0 Å². The fraction of sp³-hybridized carbons (Fsp3) is 0.276. The van der Waals surface area contributed by atoms with E-state index in [1.165, 1.54) is 11.3 Å². The average molecular weight is 532 g/mol. The minimum absolute atomic E-state index is 0.116. The number of amides is 1. The molecule has 1 aliphatic heterocycles. The average Bonchev–Trinajstić information content (AvgIpc) is 3.45. The van der Waals surface area contributed by atoms with E-state index in [-0.39, 0.29) is 11.5 Å². The van der Waals surface area contributed by atoms with Crippen LogP contribution in [-0.2, 0) is 4.79 Å². The lowest BCUT2D eigenvalue weighted by Crippen LogP contribution is -2.43. The standard InChI is InChI=1S/C29H29N3O3S2/c1-6-31(7-2)28(34)24-18(4)30-29-32(27(33)23(37-29)16-22-17(3)14-15-36-22)26(24)25-20-11-9-8-10-19(20)12-13-21(25)35-5/h8-16,26H,6-7H2,1-5H3/b23-16+/t26-/m0/s1. The molecule has 3 heterocycles. The maximum Gasteiger partial charge on any atom is 0.271 e. The third kappa shape index (κ3) is 4.24. The third-order valence-corrected chi connectivity index (χ3v) is 8.84. The molecule has 1 atom stereocenters. The van der Waals surface area contributed by atoms with Gasteiger partial charge in [-0.15, -0.1) is 11.3 Å². The fourth-order valence-corrected chi connectivity index (χ4v) is 6.90. The van der Waals surface area contributed by atoms with Crippen molar-refractivity contribution < 1.29 is 9.53 Å². The van der Waals surface area contributed by atoms with Gasteiger partial charge in [-0.05, 0) is 67.6 Å². The van der Waals surface area contributed by atoms with E-state index in [9.17, 15) is 9.59 Å². The lowest BCUT2D eigenvalue weighted by molar-refractivity contribution is -0.127. The van der Waals surface area contributed by atoms with Crippen molar-refractivity contribution in [3.8, 4) is 5.75 Å². The van der Waals surface area contributed by atoms with Crippen molar-refractivity contribution in [1.82, 2.24) is 9.47 Å². The van der Waals surface area contributed by atoms with Gasteiger partial charge in [0.2, 0.25) is 0 Å². The summed E-state index contributed by atoms with van der Waals surface area (Å²) in [6, 6.07) is 13.3. The number of aromatic nitrogens is 1. The Morgan fingerprint density at radius 1 is 1.14 bits per heavy atom. The quantitative estimate of drug-likeness (QED) is 0.364. The maximum absolute atomic E-state index is 14.1. The Balaban J connectivity index is 1.87. The number of aryl methyl sites for hydroxylation is 1. The first-order valence-corrected chi connectivity index (χ1v) is 14.0. The molecule has 8 heteroatoms. The molecule has 6 nitrogen and oxygen atoms in total. The second-order valence-electron chi connectivity index (χ2n) is 8.93. The predicted molar refractivity (Wildman–Crippen MR) is 151 cm³/mol. The summed E-state index contributed by atoms with van der Waals surface area (Å²) in [7, 11) is 1.62. The first-order valence-electron chi connectivity index (χ1n) is 12.3. The van der Waals surface area contributed by atoms with Gasteiger partial charge in [-0.3, -0.25) is 14.2 Å². The summed E-state index contributed by atoms with van der Waals surface area (Å²) < 4.78 is 8.13. The van der Waals surface area contributed by atoms with Crippen LogP contribution in [0.4, 0.5) is 0 Å². The molecule has 0 bridgehead atoms. The number of methoxy groups -OCH3 is 1. The highest BCUT2D eigenvalue weighted by Crippen LogP contribution is 2.40. The molecule has 0 radical (unpaired) electrons. The molecule has 1 aliphatic rings. The number of thiazole rings is 1. The second-order valence-corrected chi connectivity index (χ2v) is 10.9. The molecule has 0 aliphatic carbocycles. The van der Waals surface area contributed by atoms with E-state index in [4.69, 9.17) is 9.73 Å². The van der Waals surface area contributed by atoms with Crippen molar-refractivity contribution >= 4 is 45.4 Å². The maximum atomic E-state index is 14.1. The molecule has 190 valence electrons. The van der Waals surface area contributed by atoms with E-state index in [0.717, 1.165) is 26.8 Å². The van der Waals surface area contributed by atoms with Crippen LogP contribution in [0.2, 0.25) is 0 Å². The molecule has 0 saturated heterocycles. The largest absolute Gasteiger partial charge is 0.496 e. The summed E-state index contributed by atoms with van der Waals surface area (Å²) in [5.41, 5.74) is 2.89. The van der Waals surface area contributed by atoms with Gasteiger partial charge in [0.05, 0.1) is 22.9 Å². The summed E-state index contributed by atoms with van der Waals surface area (Å²) >= 11 is 2.96. The molecule has 0 spiro atoms.